The average molecular weight is 195 g/mol. The van der Waals surface area contributed by atoms with Gasteiger partial charge in [0.05, 0.1) is 6.20 Å². The second-order valence-electron chi connectivity index (χ2n) is 3.72. The molecule has 1 N–H and O–H groups in total. The fourth-order valence-electron chi connectivity index (χ4n) is 1.14. The van der Waals surface area contributed by atoms with Gasteiger partial charge in [-0.2, -0.15) is 5.10 Å². The maximum absolute atomic E-state index is 11.2. The number of aryl methyl sites for hydroxylation is 1. The van der Waals surface area contributed by atoms with Crippen LogP contribution in [0.4, 0.5) is 0 Å². The summed E-state index contributed by atoms with van der Waals surface area (Å²) in [7, 11) is 1.89. The van der Waals surface area contributed by atoms with Crippen LogP contribution in [0.1, 0.15) is 19.4 Å². The Morgan fingerprint density at radius 2 is 2.36 bits per heavy atom. The predicted octanol–water partition coefficient (Wildman–Crippen LogP) is 0.735. The van der Waals surface area contributed by atoms with Crippen molar-refractivity contribution in [2.24, 2.45) is 13.0 Å². The average Bonchev–Trinajstić information content (AvgIpc) is 2.51. The lowest BCUT2D eigenvalue weighted by Crippen LogP contribution is -2.29. The normalized spacial score (nSPS) is 10.6. The van der Waals surface area contributed by atoms with Gasteiger partial charge in [-0.25, -0.2) is 0 Å². The van der Waals surface area contributed by atoms with Crippen molar-refractivity contribution in [1.82, 2.24) is 15.1 Å². The molecule has 78 valence electrons. The Labute approximate surface area is 84.3 Å². The Balaban J connectivity index is 2.25. The van der Waals surface area contributed by atoms with E-state index in [-0.39, 0.29) is 11.8 Å². The molecule has 14 heavy (non-hydrogen) atoms. The number of hydrogen-bond acceptors (Lipinski definition) is 2. The van der Waals surface area contributed by atoms with E-state index in [0.29, 0.717) is 6.54 Å². The van der Waals surface area contributed by atoms with Crippen LogP contribution < -0.4 is 5.32 Å². The van der Waals surface area contributed by atoms with E-state index in [1.807, 2.05) is 33.3 Å². The SMILES string of the molecule is CC(C)C(=O)NCCc1cnn(C)c1. The fourth-order valence-corrected chi connectivity index (χ4v) is 1.14. The summed E-state index contributed by atoms with van der Waals surface area (Å²) in [6.07, 6.45) is 4.62. The van der Waals surface area contributed by atoms with Crippen molar-refractivity contribution < 1.29 is 4.79 Å². The van der Waals surface area contributed by atoms with Gasteiger partial charge >= 0.3 is 0 Å². The van der Waals surface area contributed by atoms with Crippen LogP contribution in [0, 0.1) is 5.92 Å². The zero-order valence-electron chi connectivity index (χ0n) is 8.95. The van der Waals surface area contributed by atoms with Crippen LogP contribution in [0.15, 0.2) is 12.4 Å². The summed E-state index contributed by atoms with van der Waals surface area (Å²) in [5, 5.41) is 6.92. The van der Waals surface area contributed by atoms with Gasteiger partial charge in [0.15, 0.2) is 0 Å². The van der Waals surface area contributed by atoms with Crippen LogP contribution in [0.2, 0.25) is 0 Å². The molecular formula is C10H17N3O. The predicted molar refractivity (Wildman–Crippen MR) is 54.8 cm³/mol. The van der Waals surface area contributed by atoms with Crippen LogP contribution in [0.3, 0.4) is 0 Å². The number of rotatable bonds is 4. The first-order valence-electron chi connectivity index (χ1n) is 4.85. The Hall–Kier alpha value is -1.32. The number of nitrogens with one attached hydrogen (secondary N) is 1. The standard InChI is InChI=1S/C10H17N3O/c1-8(2)10(14)11-5-4-9-6-12-13(3)7-9/h6-8H,4-5H2,1-3H3,(H,11,14). The molecule has 1 heterocycles. The van der Waals surface area contributed by atoms with Crippen LogP contribution in [0.25, 0.3) is 0 Å². The van der Waals surface area contributed by atoms with E-state index in [1.165, 1.54) is 0 Å². The summed E-state index contributed by atoms with van der Waals surface area (Å²) in [4.78, 5) is 11.2. The quantitative estimate of drug-likeness (QED) is 0.770. The number of carbonyl (C=O) groups excluding carboxylic acids is 1. The first-order valence-corrected chi connectivity index (χ1v) is 4.85. The van der Waals surface area contributed by atoms with Crippen LogP contribution >= 0.6 is 0 Å². The highest BCUT2D eigenvalue weighted by molar-refractivity contribution is 5.77. The molecule has 1 rings (SSSR count). The number of hydrogen-bond donors (Lipinski definition) is 1. The first-order chi connectivity index (χ1) is 6.59. The Morgan fingerprint density at radius 1 is 1.64 bits per heavy atom. The van der Waals surface area contributed by atoms with Crippen LogP contribution in [-0.4, -0.2) is 22.2 Å². The summed E-state index contributed by atoms with van der Waals surface area (Å²) in [6, 6.07) is 0. The summed E-state index contributed by atoms with van der Waals surface area (Å²) >= 11 is 0. The van der Waals surface area contributed by atoms with Crippen molar-refractivity contribution in [1.29, 1.82) is 0 Å². The highest BCUT2D eigenvalue weighted by atomic mass is 16.1. The van der Waals surface area contributed by atoms with E-state index in [4.69, 9.17) is 0 Å². The van der Waals surface area contributed by atoms with Gasteiger partial charge in [-0.3, -0.25) is 9.48 Å². The van der Waals surface area contributed by atoms with Gasteiger partial charge in [-0.15, -0.1) is 0 Å². The van der Waals surface area contributed by atoms with Crippen LogP contribution in [-0.2, 0) is 18.3 Å². The molecule has 0 spiro atoms. The molecule has 1 amide bonds. The second kappa shape index (κ2) is 4.79. The molecule has 1 aromatic rings. The minimum Gasteiger partial charge on any atom is -0.356 e. The molecule has 0 unspecified atom stereocenters. The topological polar surface area (TPSA) is 46.9 Å². The smallest absolute Gasteiger partial charge is 0.222 e. The van der Waals surface area contributed by atoms with Crippen molar-refractivity contribution >= 4 is 5.91 Å². The van der Waals surface area contributed by atoms with Crippen LogP contribution in [0.5, 0.6) is 0 Å². The van der Waals surface area contributed by atoms with Gasteiger partial charge in [0.2, 0.25) is 5.91 Å². The van der Waals surface area contributed by atoms with E-state index in [9.17, 15) is 4.79 Å². The molecule has 4 heteroatoms. The minimum atomic E-state index is 0.0592. The second-order valence-corrected chi connectivity index (χ2v) is 3.72. The summed E-state index contributed by atoms with van der Waals surface area (Å²) in [5.74, 6) is 0.165. The van der Waals surface area contributed by atoms with Crippen molar-refractivity contribution in [3.8, 4) is 0 Å². The molecule has 0 fully saturated rings. The highest BCUT2D eigenvalue weighted by Gasteiger charge is 2.05. The molecule has 0 aliphatic rings. The molecule has 0 atom stereocenters. The van der Waals surface area contributed by atoms with E-state index >= 15 is 0 Å². The molecule has 0 saturated carbocycles. The third-order valence-electron chi connectivity index (χ3n) is 2.00. The fraction of sp³-hybridized carbons (Fsp3) is 0.600. The summed E-state index contributed by atoms with van der Waals surface area (Å²) in [5.41, 5.74) is 1.15. The molecule has 0 aliphatic heterocycles. The van der Waals surface area contributed by atoms with Gasteiger partial charge in [-0.1, -0.05) is 13.8 Å². The first kappa shape index (κ1) is 10.8. The van der Waals surface area contributed by atoms with E-state index < -0.39 is 0 Å². The lowest BCUT2D eigenvalue weighted by molar-refractivity contribution is -0.123. The molecular weight excluding hydrogens is 178 g/mol. The zero-order chi connectivity index (χ0) is 10.6. The third kappa shape index (κ3) is 3.20. The van der Waals surface area contributed by atoms with Gasteiger partial charge < -0.3 is 5.32 Å². The largest absolute Gasteiger partial charge is 0.356 e. The van der Waals surface area contributed by atoms with Gasteiger partial charge in [0, 0.05) is 25.7 Å². The Bertz CT molecular complexity index is 304. The van der Waals surface area contributed by atoms with Gasteiger partial charge in [0.25, 0.3) is 0 Å². The Morgan fingerprint density at radius 3 is 2.86 bits per heavy atom. The highest BCUT2D eigenvalue weighted by Crippen LogP contribution is 1.97. The Kier molecular flexibility index (Phi) is 3.68. The minimum absolute atomic E-state index is 0.0592. The van der Waals surface area contributed by atoms with E-state index in [0.717, 1.165) is 12.0 Å². The maximum atomic E-state index is 11.2. The lowest BCUT2D eigenvalue weighted by atomic mass is 10.2. The summed E-state index contributed by atoms with van der Waals surface area (Å²) < 4.78 is 1.76. The lowest BCUT2D eigenvalue weighted by Gasteiger charge is -2.05. The molecule has 4 nitrogen and oxygen atoms in total. The van der Waals surface area contributed by atoms with Crippen molar-refractivity contribution in [2.45, 2.75) is 20.3 Å². The number of aromatic nitrogens is 2. The van der Waals surface area contributed by atoms with E-state index in [1.54, 1.807) is 4.68 Å². The molecule has 0 aromatic carbocycles. The zero-order valence-corrected chi connectivity index (χ0v) is 8.95. The monoisotopic (exact) mass is 195 g/mol. The third-order valence-corrected chi connectivity index (χ3v) is 2.00. The van der Waals surface area contributed by atoms with Crippen molar-refractivity contribution in [3.63, 3.8) is 0 Å². The maximum Gasteiger partial charge on any atom is 0.222 e. The molecule has 0 bridgehead atoms. The molecule has 1 aromatic heterocycles. The number of amides is 1. The molecule has 0 aliphatic carbocycles. The van der Waals surface area contributed by atoms with Crippen molar-refractivity contribution in [3.05, 3.63) is 18.0 Å². The summed E-state index contributed by atoms with van der Waals surface area (Å²) in [6.45, 7) is 4.46. The molecule has 0 radical (unpaired) electrons. The number of carbonyl (C=O) groups is 1. The van der Waals surface area contributed by atoms with E-state index in [2.05, 4.69) is 10.4 Å². The number of nitrogens with zero attached hydrogens (tertiary/aromatic N) is 2. The van der Waals surface area contributed by atoms with Crippen molar-refractivity contribution in [2.75, 3.05) is 6.54 Å². The van der Waals surface area contributed by atoms with Gasteiger partial charge in [-0.05, 0) is 12.0 Å². The van der Waals surface area contributed by atoms with Gasteiger partial charge in [0.1, 0.15) is 0 Å². The molecule has 0 saturated heterocycles.